The van der Waals surface area contributed by atoms with Crippen molar-refractivity contribution in [2.75, 3.05) is 20.2 Å². The second-order valence-electron chi connectivity index (χ2n) is 4.27. The minimum atomic E-state index is -0.374. The maximum Gasteiger partial charge on any atom is 0.221 e. The van der Waals surface area contributed by atoms with Crippen LogP contribution in [0, 0.1) is 5.82 Å². The molecule has 0 bridgehead atoms. The molecule has 0 radical (unpaired) electrons. The number of rotatable bonds is 7. The van der Waals surface area contributed by atoms with Gasteiger partial charge in [-0.2, -0.15) is 0 Å². The van der Waals surface area contributed by atoms with Crippen LogP contribution in [0.5, 0.6) is 5.75 Å². The van der Waals surface area contributed by atoms with Crippen molar-refractivity contribution in [3.8, 4) is 5.75 Å². The van der Waals surface area contributed by atoms with E-state index in [1.165, 1.54) is 13.2 Å². The van der Waals surface area contributed by atoms with Crippen molar-refractivity contribution in [1.29, 1.82) is 0 Å². The molecule has 0 aliphatic heterocycles. The first-order valence-electron chi connectivity index (χ1n) is 6.42. The molecule has 0 heterocycles. The van der Waals surface area contributed by atoms with Gasteiger partial charge in [-0.25, -0.2) is 4.39 Å². The van der Waals surface area contributed by atoms with Crippen molar-refractivity contribution in [2.45, 2.75) is 26.3 Å². The van der Waals surface area contributed by atoms with Crippen LogP contribution in [0.2, 0.25) is 0 Å². The van der Waals surface area contributed by atoms with Gasteiger partial charge in [-0.15, -0.1) is 0 Å². The molecular formula is C14H21FN2O2. The van der Waals surface area contributed by atoms with Crippen LogP contribution in [-0.2, 0) is 4.79 Å². The Hall–Kier alpha value is -1.62. The summed E-state index contributed by atoms with van der Waals surface area (Å²) < 4.78 is 18.2. The fourth-order valence-corrected chi connectivity index (χ4v) is 1.75. The quantitative estimate of drug-likeness (QED) is 0.795. The van der Waals surface area contributed by atoms with E-state index in [0.29, 0.717) is 19.5 Å². The van der Waals surface area contributed by atoms with E-state index < -0.39 is 0 Å². The number of hydrogen-bond acceptors (Lipinski definition) is 3. The van der Waals surface area contributed by atoms with Gasteiger partial charge in [0.1, 0.15) is 0 Å². The highest BCUT2D eigenvalue weighted by Gasteiger charge is 2.09. The second kappa shape index (κ2) is 7.74. The van der Waals surface area contributed by atoms with Gasteiger partial charge < -0.3 is 15.4 Å². The molecule has 1 unspecified atom stereocenters. The van der Waals surface area contributed by atoms with Crippen molar-refractivity contribution in [1.82, 2.24) is 10.6 Å². The molecule has 0 saturated carbocycles. The van der Waals surface area contributed by atoms with Gasteiger partial charge in [0.15, 0.2) is 11.6 Å². The molecular weight excluding hydrogens is 247 g/mol. The lowest BCUT2D eigenvalue weighted by atomic mass is 10.1. The van der Waals surface area contributed by atoms with Gasteiger partial charge in [0, 0.05) is 25.6 Å². The van der Waals surface area contributed by atoms with Crippen LogP contribution in [0.1, 0.15) is 31.9 Å². The van der Waals surface area contributed by atoms with Gasteiger partial charge in [0.2, 0.25) is 5.91 Å². The molecule has 1 aromatic rings. The highest BCUT2D eigenvalue weighted by molar-refractivity contribution is 5.75. The predicted octanol–water partition coefficient (Wildman–Crippen LogP) is 2.01. The zero-order chi connectivity index (χ0) is 14.3. The molecule has 0 aromatic heterocycles. The zero-order valence-corrected chi connectivity index (χ0v) is 11.6. The lowest BCUT2D eigenvalue weighted by Gasteiger charge is -2.15. The molecule has 0 aliphatic rings. The summed E-state index contributed by atoms with van der Waals surface area (Å²) in [7, 11) is 1.44. The highest BCUT2D eigenvalue weighted by Crippen LogP contribution is 2.22. The van der Waals surface area contributed by atoms with Crippen molar-refractivity contribution >= 4 is 5.91 Å². The molecule has 5 heteroatoms. The van der Waals surface area contributed by atoms with Gasteiger partial charge in [0.05, 0.1) is 7.11 Å². The largest absolute Gasteiger partial charge is 0.494 e. The summed E-state index contributed by atoms with van der Waals surface area (Å²) >= 11 is 0. The standard InChI is InChI=1S/C14H21FN2O2/c1-4-16-14(18)7-8-17-10(2)11-5-6-12(15)13(9-11)19-3/h5-6,9-10,17H,4,7-8H2,1-3H3,(H,16,18). The van der Waals surface area contributed by atoms with Gasteiger partial charge in [-0.05, 0) is 31.5 Å². The number of nitrogens with one attached hydrogen (secondary N) is 2. The highest BCUT2D eigenvalue weighted by atomic mass is 19.1. The lowest BCUT2D eigenvalue weighted by molar-refractivity contribution is -0.120. The third-order valence-corrected chi connectivity index (χ3v) is 2.85. The maximum atomic E-state index is 13.3. The Labute approximate surface area is 113 Å². The van der Waals surface area contributed by atoms with Crippen LogP contribution >= 0.6 is 0 Å². The average Bonchev–Trinajstić information content (AvgIpc) is 2.39. The van der Waals surface area contributed by atoms with E-state index in [2.05, 4.69) is 10.6 Å². The summed E-state index contributed by atoms with van der Waals surface area (Å²) in [5.41, 5.74) is 0.925. The Morgan fingerprint density at radius 1 is 1.47 bits per heavy atom. The van der Waals surface area contributed by atoms with Crippen LogP contribution in [0.25, 0.3) is 0 Å². The van der Waals surface area contributed by atoms with Crippen LogP contribution in [0.15, 0.2) is 18.2 Å². The van der Waals surface area contributed by atoms with E-state index >= 15 is 0 Å². The zero-order valence-electron chi connectivity index (χ0n) is 11.6. The van der Waals surface area contributed by atoms with E-state index in [1.54, 1.807) is 12.1 Å². The molecule has 0 aliphatic carbocycles. The first-order chi connectivity index (χ1) is 9.08. The third-order valence-electron chi connectivity index (χ3n) is 2.85. The Balaban J connectivity index is 2.49. The molecule has 0 saturated heterocycles. The molecule has 1 atom stereocenters. The van der Waals surface area contributed by atoms with Crippen LogP contribution in [-0.4, -0.2) is 26.1 Å². The Morgan fingerprint density at radius 3 is 2.84 bits per heavy atom. The summed E-state index contributed by atoms with van der Waals surface area (Å²) in [6, 6.07) is 4.79. The normalized spacial score (nSPS) is 12.0. The van der Waals surface area contributed by atoms with E-state index in [0.717, 1.165) is 5.56 Å². The van der Waals surface area contributed by atoms with E-state index in [-0.39, 0.29) is 23.5 Å². The Morgan fingerprint density at radius 2 is 2.21 bits per heavy atom. The van der Waals surface area contributed by atoms with Crippen molar-refractivity contribution in [2.24, 2.45) is 0 Å². The topological polar surface area (TPSA) is 50.4 Å². The number of hydrogen-bond donors (Lipinski definition) is 2. The molecule has 1 aromatic carbocycles. The first-order valence-corrected chi connectivity index (χ1v) is 6.42. The summed E-state index contributed by atoms with van der Waals surface area (Å²) in [4.78, 5) is 11.3. The molecule has 106 valence electrons. The van der Waals surface area contributed by atoms with Crippen LogP contribution in [0.4, 0.5) is 4.39 Å². The van der Waals surface area contributed by atoms with Gasteiger partial charge in [0.25, 0.3) is 0 Å². The van der Waals surface area contributed by atoms with Gasteiger partial charge >= 0.3 is 0 Å². The summed E-state index contributed by atoms with van der Waals surface area (Å²) in [5.74, 6) is -0.116. The second-order valence-corrected chi connectivity index (χ2v) is 4.27. The molecule has 2 N–H and O–H groups in total. The smallest absolute Gasteiger partial charge is 0.221 e. The minimum absolute atomic E-state index is 0.0267. The van der Waals surface area contributed by atoms with Crippen LogP contribution in [0.3, 0.4) is 0 Å². The third kappa shape index (κ3) is 4.87. The number of carbonyl (C=O) groups is 1. The molecule has 1 amide bonds. The molecule has 0 spiro atoms. The van der Waals surface area contributed by atoms with Crippen molar-refractivity contribution < 1.29 is 13.9 Å². The minimum Gasteiger partial charge on any atom is -0.494 e. The first kappa shape index (κ1) is 15.4. The molecule has 0 fully saturated rings. The number of ether oxygens (including phenoxy) is 1. The van der Waals surface area contributed by atoms with Gasteiger partial charge in [-0.3, -0.25) is 4.79 Å². The van der Waals surface area contributed by atoms with Crippen molar-refractivity contribution in [3.05, 3.63) is 29.6 Å². The van der Waals surface area contributed by atoms with Crippen LogP contribution < -0.4 is 15.4 Å². The summed E-state index contributed by atoms with van der Waals surface area (Å²) in [5, 5.41) is 5.96. The Bertz CT molecular complexity index is 424. The lowest BCUT2D eigenvalue weighted by Crippen LogP contribution is -2.28. The van der Waals surface area contributed by atoms with E-state index in [9.17, 15) is 9.18 Å². The fraction of sp³-hybridized carbons (Fsp3) is 0.500. The number of methoxy groups -OCH3 is 1. The number of amides is 1. The monoisotopic (exact) mass is 268 g/mol. The molecule has 4 nitrogen and oxygen atoms in total. The fourth-order valence-electron chi connectivity index (χ4n) is 1.75. The Kier molecular flexibility index (Phi) is 6.29. The van der Waals surface area contributed by atoms with E-state index in [1.807, 2.05) is 13.8 Å². The van der Waals surface area contributed by atoms with Gasteiger partial charge in [-0.1, -0.05) is 6.07 Å². The average molecular weight is 268 g/mol. The molecule has 1 rings (SSSR count). The number of halogens is 1. The number of carbonyl (C=O) groups excluding carboxylic acids is 1. The predicted molar refractivity (Wildman–Crippen MR) is 72.7 cm³/mol. The van der Waals surface area contributed by atoms with E-state index in [4.69, 9.17) is 4.74 Å². The SMILES string of the molecule is CCNC(=O)CCNC(C)c1ccc(F)c(OC)c1. The number of benzene rings is 1. The maximum absolute atomic E-state index is 13.3. The molecule has 19 heavy (non-hydrogen) atoms. The summed E-state index contributed by atoms with van der Waals surface area (Å²) in [6.45, 7) is 5.07. The summed E-state index contributed by atoms with van der Waals surface area (Å²) in [6.07, 6.45) is 0.427. The van der Waals surface area contributed by atoms with Crippen molar-refractivity contribution in [3.63, 3.8) is 0 Å².